The van der Waals surface area contributed by atoms with Gasteiger partial charge < -0.3 is 38.7 Å². The predicted molar refractivity (Wildman–Crippen MR) is 228 cm³/mol. The third kappa shape index (κ3) is 7.21. The molecule has 11 nitrogen and oxygen atoms in total. The highest BCUT2D eigenvalue weighted by molar-refractivity contribution is 6.72. The summed E-state index contributed by atoms with van der Waals surface area (Å²) in [4.78, 5) is 51.1. The van der Waals surface area contributed by atoms with Crippen molar-refractivity contribution in [2.45, 2.75) is 75.2 Å². The van der Waals surface area contributed by atoms with Crippen molar-refractivity contribution in [3.63, 3.8) is 0 Å². The number of fused-ring (bicyclic) bond motifs is 2. The Morgan fingerprint density at radius 2 is 1.61 bits per heavy atom. The number of rotatable bonds is 12. The third-order valence-corrected chi connectivity index (χ3v) is 15.4. The Bertz CT molecular complexity index is 2180. The lowest BCUT2D eigenvalue weighted by molar-refractivity contribution is -0.150. The van der Waals surface area contributed by atoms with Crippen LogP contribution < -0.4 is 24.8 Å². The number of ether oxygens (including phenoxy) is 2. The van der Waals surface area contributed by atoms with Crippen LogP contribution in [-0.4, -0.2) is 87.8 Å². The summed E-state index contributed by atoms with van der Waals surface area (Å²) in [6.45, 7) is 7.35. The quantitative estimate of drug-likeness (QED) is 0.126. The number of para-hydroxylation sites is 1. The molecule has 0 unspecified atom stereocenters. The lowest BCUT2D eigenvalue weighted by Crippen LogP contribution is -2.55. The van der Waals surface area contributed by atoms with E-state index in [2.05, 4.69) is 22.3 Å². The molecule has 0 radical (unpaired) electrons. The fourth-order valence-corrected chi connectivity index (χ4v) is 12.7. The Morgan fingerprint density at radius 1 is 0.932 bits per heavy atom. The molecule has 3 amide bonds. The summed E-state index contributed by atoms with van der Waals surface area (Å²) in [6, 6.07) is 32.8. The van der Waals surface area contributed by atoms with Crippen molar-refractivity contribution in [3.05, 3.63) is 120 Å². The van der Waals surface area contributed by atoms with E-state index >= 15 is 8.90 Å². The van der Waals surface area contributed by atoms with Crippen LogP contribution in [0.4, 0.5) is 21.2 Å². The number of amides is 3. The number of aliphatic hydroxyl groups is 1. The van der Waals surface area contributed by atoms with Crippen LogP contribution in [-0.2, 0) is 37.8 Å². The minimum absolute atomic E-state index is 0.0628. The van der Waals surface area contributed by atoms with Crippen LogP contribution in [0.3, 0.4) is 0 Å². The summed E-state index contributed by atoms with van der Waals surface area (Å²) >= 11 is 0. The van der Waals surface area contributed by atoms with Gasteiger partial charge >= 0.3 is 0 Å². The normalized spacial score (nSPS) is 23.7. The fourth-order valence-electron chi connectivity index (χ4n) is 10.2. The number of nitrogens with zero attached hydrogens (tertiary/aromatic N) is 4. The van der Waals surface area contributed by atoms with E-state index in [1.807, 2.05) is 90.7 Å². The monoisotopic (exact) mass is 819 g/mol. The molecule has 4 atom stereocenters. The molecule has 8 rings (SSSR count). The molecule has 4 aromatic carbocycles. The molecule has 0 saturated carbocycles. The molecule has 2 N–H and O–H groups in total. The van der Waals surface area contributed by atoms with Gasteiger partial charge in [-0.3, -0.25) is 19.3 Å². The highest BCUT2D eigenvalue weighted by Crippen LogP contribution is 2.61. The first kappa shape index (κ1) is 40.7. The van der Waals surface area contributed by atoms with Gasteiger partial charge in [-0.05, 0) is 92.6 Å². The van der Waals surface area contributed by atoms with Gasteiger partial charge in [-0.2, -0.15) is 0 Å². The number of piperidine rings is 1. The Labute approximate surface area is 346 Å². The van der Waals surface area contributed by atoms with E-state index < -0.39 is 37.1 Å². The molecular formula is C46H54FN5O6Si. The van der Waals surface area contributed by atoms with Gasteiger partial charge in [0.05, 0.1) is 45.1 Å². The Balaban J connectivity index is 1.11. The second kappa shape index (κ2) is 16.2. The predicted octanol–water partition coefficient (Wildman–Crippen LogP) is 6.36. The SMILES string of the molecule is COc1ccc2c(c1)[C@@]1(O[C@H](CC(=O)N(CCO)Cc3ccccc3)[C@@H]([Si](C)(C)F)[C@@H]1C)C(=O)N2Cc1cccc(N2CN(c3ccccc3)C3(CCNCC3)C2=O)c1. The van der Waals surface area contributed by atoms with Crippen LogP contribution in [0.2, 0.25) is 18.6 Å². The van der Waals surface area contributed by atoms with Gasteiger partial charge in [0.1, 0.15) is 11.3 Å². The van der Waals surface area contributed by atoms with Crippen molar-refractivity contribution >= 4 is 43.2 Å². The van der Waals surface area contributed by atoms with Crippen molar-refractivity contribution in [2.75, 3.05) is 54.7 Å². The summed E-state index contributed by atoms with van der Waals surface area (Å²) in [7, 11) is -2.02. The zero-order valence-electron chi connectivity index (χ0n) is 34.3. The van der Waals surface area contributed by atoms with Crippen LogP contribution in [0.1, 0.15) is 42.9 Å². The lowest BCUT2D eigenvalue weighted by Gasteiger charge is -2.39. The smallest absolute Gasteiger partial charge is 0.264 e. The molecule has 3 fully saturated rings. The summed E-state index contributed by atoms with van der Waals surface area (Å²) in [5.74, 6) is -0.626. The van der Waals surface area contributed by atoms with Crippen LogP contribution in [0.25, 0.3) is 0 Å². The van der Waals surface area contributed by atoms with E-state index in [1.54, 1.807) is 42.1 Å². The molecule has 4 aliphatic rings. The molecule has 0 aromatic heterocycles. The van der Waals surface area contributed by atoms with Crippen LogP contribution in [0, 0.1) is 5.92 Å². The summed E-state index contributed by atoms with van der Waals surface area (Å²) in [5.41, 5.74) is 1.76. The van der Waals surface area contributed by atoms with Gasteiger partial charge in [-0.1, -0.05) is 67.6 Å². The molecule has 3 saturated heterocycles. The molecule has 4 aliphatic heterocycles. The van der Waals surface area contributed by atoms with Gasteiger partial charge in [0, 0.05) is 41.5 Å². The molecule has 2 spiro atoms. The highest BCUT2D eigenvalue weighted by Gasteiger charge is 2.67. The van der Waals surface area contributed by atoms with E-state index in [0.29, 0.717) is 36.5 Å². The maximum atomic E-state index is 16.7. The van der Waals surface area contributed by atoms with E-state index in [1.165, 1.54) is 0 Å². The number of carbonyl (C=O) groups is 3. The number of nitrogens with one attached hydrogen (secondary N) is 1. The van der Waals surface area contributed by atoms with Crippen molar-refractivity contribution in [2.24, 2.45) is 5.92 Å². The third-order valence-electron chi connectivity index (χ3n) is 13.0. The zero-order chi connectivity index (χ0) is 41.5. The molecular weight excluding hydrogens is 766 g/mol. The van der Waals surface area contributed by atoms with Gasteiger partial charge in [-0.25, -0.2) is 0 Å². The van der Waals surface area contributed by atoms with Gasteiger partial charge in [0.25, 0.3) is 11.8 Å². The number of anilines is 3. The van der Waals surface area contributed by atoms with E-state index in [-0.39, 0.29) is 50.4 Å². The first-order valence-corrected chi connectivity index (χ1v) is 23.6. The number of aliphatic hydroxyl groups excluding tert-OH is 1. The molecule has 0 bridgehead atoms. The van der Waals surface area contributed by atoms with E-state index in [4.69, 9.17) is 9.47 Å². The first-order valence-electron chi connectivity index (χ1n) is 20.7. The molecule has 59 heavy (non-hydrogen) atoms. The average Bonchev–Trinajstić information content (AvgIpc) is 3.78. The zero-order valence-corrected chi connectivity index (χ0v) is 35.3. The van der Waals surface area contributed by atoms with Crippen molar-refractivity contribution in [1.29, 1.82) is 0 Å². The summed E-state index contributed by atoms with van der Waals surface area (Å²) in [6.07, 6.45) is 0.361. The second-order valence-electron chi connectivity index (χ2n) is 16.9. The number of halogens is 1. The van der Waals surface area contributed by atoms with Crippen molar-refractivity contribution in [3.8, 4) is 5.75 Å². The Hall–Kier alpha value is -5.08. The summed E-state index contributed by atoms with van der Waals surface area (Å²) in [5, 5.41) is 13.3. The molecule has 13 heteroatoms. The first-order chi connectivity index (χ1) is 28.4. The van der Waals surface area contributed by atoms with Gasteiger partial charge in [0.15, 0.2) is 5.60 Å². The van der Waals surface area contributed by atoms with Gasteiger partial charge in [0.2, 0.25) is 14.3 Å². The number of hydrogen-bond acceptors (Lipinski definition) is 8. The number of methoxy groups -OCH3 is 1. The Morgan fingerprint density at radius 3 is 2.29 bits per heavy atom. The Kier molecular flexibility index (Phi) is 11.2. The van der Waals surface area contributed by atoms with Crippen LogP contribution in [0.5, 0.6) is 5.75 Å². The number of carbonyl (C=O) groups excluding carboxylic acids is 3. The summed E-state index contributed by atoms with van der Waals surface area (Å²) < 4.78 is 29.3. The maximum Gasteiger partial charge on any atom is 0.264 e. The van der Waals surface area contributed by atoms with Gasteiger partial charge in [-0.15, -0.1) is 0 Å². The minimum Gasteiger partial charge on any atom is -0.497 e. The highest BCUT2D eigenvalue weighted by atomic mass is 28.4. The van der Waals surface area contributed by atoms with Crippen LogP contribution >= 0.6 is 0 Å². The molecule has 310 valence electrons. The van der Waals surface area contributed by atoms with Crippen LogP contribution in [0.15, 0.2) is 103 Å². The fraction of sp³-hybridized carbons (Fsp3) is 0.413. The lowest BCUT2D eigenvalue weighted by atomic mass is 9.82. The van der Waals surface area contributed by atoms with Crippen molar-refractivity contribution in [1.82, 2.24) is 10.2 Å². The largest absolute Gasteiger partial charge is 0.497 e. The molecule has 0 aliphatic carbocycles. The standard InChI is InChI=1S/C46H54FN5O6Si/c1-32-42(59(3,4)47)40(28-41(54)49(24-25-53)29-33-12-7-5-8-13-33)58-46(32)38-27-37(57-2)18-19-39(38)50(44(46)56)30-34-14-11-17-36(26-34)51-31-52(35-15-9-6-10-16-35)45(43(51)55)20-22-48-23-21-45/h5-19,26-27,32,40,42,48,53H,20-25,28-31H2,1-4H3/t32-,40+,42-,46+/m0/s1. The average molecular weight is 820 g/mol. The number of hydrogen-bond donors (Lipinski definition) is 2. The number of benzene rings is 4. The van der Waals surface area contributed by atoms with Crippen molar-refractivity contribution < 1.29 is 33.1 Å². The minimum atomic E-state index is -3.58. The second-order valence-corrected chi connectivity index (χ2v) is 20.7. The maximum absolute atomic E-state index is 16.7. The topological polar surface area (TPSA) is 115 Å². The van der Waals surface area contributed by atoms with E-state index in [0.717, 1.165) is 35.6 Å². The van der Waals surface area contributed by atoms with E-state index in [9.17, 15) is 14.7 Å². The molecule has 4 heterocycles. The molecule has 4 aromatic rings.